The molecule has 6 N–H and O–H groups in total. The van der Waals surface area contributed by atoms with E-state index in [1.807, 2.05) is 0 Å². The van der Waals surface area contributed by atoms with Crippen molar-refractivity contribution in [3.05, 3.63) is 0 Å². The van der Waals surface area contributed by atoms with E-state index in [1.54, 1.807) is 0 Å². The van der Waals surface area contributed by atoms with E-state index in [0.29, 0.717) is 0 Å². The summed E-state index contributed by atoms with van der Waals surface area (Å²) in [5, 5.41) is 36.8. The molecule has 12 nitrogen and oxygen atoms in total. The standard InChI is InChI=1S/2C6H10N2O4.Ba/c2*7-3-8-4(6(11)12)1-2-5(9)10;/h2*3-4H,1-2H2,(H2,7,8)(H,9,10)(H,11,12);/q;;+2/p-2/t2*4-;/m00./s1. The maximum absolute atomic E-state index is 10.3. The van der Waals surface area contributed by atoms with Gasteiger partial charge in [0.1, 0.15) is 6.04 Å². The first kappa shape index (κ1) is 28.2. The Kier molecular flexibility index (Phi) is 19.4. The Labute approximate surface area is 183 Å². The third kappa shape index (κ3) is 18.6. The summed E-state index contributed by atoms with van der Waals surface area (Å²) < 4.78 is 0. The van der Waals surface area contributed by atoms with E-state index in [9.17, 15) is 29.4 Å². The van der Waals surface area contributed by atoms with Crippen LogP contribution in [0.3, 0.4) is 0 Å². The van der Waals surface area contributed by atoms with Gasteiger partial charge in [-0.1, -0.05) is 0 Å². The fourth-order valence-electron chi connectivity index (χ4n) is 1.24. The Morgan fingerprint density at radius 2 is 1.36 bits per heavy atom. The summed E-state index contributed by atoms with van der Waals surface area (Å²) in [7, 11) is 0. The molecule has 0 aliphatic heterocycles. The van der Waals surface area contributed by atoms with E-state index in [0.717, 1.165) is 12.7 Å². The average Bonchev–Trinajstić information content (AvgIpc) is 2.47. The topological polar surface area (TPSA) is 232 Å². The minimum Gasteiger partial charge on any atom is -0.550 e. The second-order valence-electron chi connectivity index (χ2n) is 4.13. The minimum absolute atomic E-state index is 0. The monoisotopic (exact) mass is 484 g/mol. The van der Waals surface area contributed by atoms with Crippen LogP contribution in [0, 0.1) is 0 Å². The van der Waals surface area contributed by atoms with E-state index in [1.165, 1.54) is 0 Å². The normalized spacial score (nSPS) is 12.5. The second kappa shape index (κ2) is 17.2. The number of rotatable bonds is 10. The molecule has 25 heavy (non-hydrogen) atoms. The van der Waals surface area contributed by atoms with E-state index >= 15 is 0 Å². The fraction of sp³-hybridized carbons (Fsp3) is 0.500. The van der Waals surface area contributed by atoms with Gasteiger partial charge in [-0.2, -0.15) is 0 Å². The summed E-state index contributed by atoms with van der Waals surface area (Å²) in [6.45, 7) is 0. The number of aliphatic carboxylic acids is 4. The Morgan fingerprint density at radius 3 is 1.68 bits per heavy atom. The molecule has 0 aromatic rings. The van der Waals surface area contributed by atoms with Crippen molar-refractivity contribution in [1.82, 2.24) is 0 Å². The van der Waals surface area contributed by atoms with Crippen molar-refractivity contribution < 1.29 is 39.6 Å². The molecular weight excluding hydrogens is 465 g/mol. The van der Waals surface area contributed by atoms with Crippen molar-refractivity contribution in [1.29, 1.82) is 0 Å². The van der Waals surface area contributed by atoms with Crippen LogP contribution in [0.2, 0.25) is 0 Å². The van der Waals surface area contributed by atoms with Crippen LogP contribution in [-0.4, -0.2) is 108 Å². The predicted octanol–water partition coefficient (Wildman–Crippen LogP) is -4.47. The predicted molar refractivity (Wildman–Crippen MR) is 82.4 cm³/mol. The SMILES string of the molecule is NC=N[C@@H](CCC(=O)O)C(=O)O.NC=N[C@@H](CCC(=O)[O-])C(=O)[O-].[Ba+2]. The van der Waals surface area contributed by atoms with Crippen molar-refractivity contribution in [2.24, 2.45) is 21.5 Å². The molecule has 0 spiro atoms. The molecule has 0 aliphatic rings. The molecule has 0 rings (SSSR count). The maximum Gasteiger partial charge on any atom is 2.00 e. The molecule has 0 bridgehead atoms. The van der Waals surface area contributed by atoms with E-state index < -0.39 is 36.0 Å². The number of carbonyl (C=O) groups excluding carboxylic acids is 2. The first-order valence-corrected chi connectivity index (χ1v) is 6.47. The summed E-state index contributed by atoms with van der Waals surface area (Å²) in [6, 6.07) is -2.25. The van der Waals surface area contributed by atoms with E-state index in [2.05, 4.69) is 9.98 Å². The second-order valence-corrected chi connectivity index (χ2v) is 4.13. The number of hydrogen-bond acceptors (Lipinski definition) is 8. The summed E-state index contributed by atoms with van der Waals surface area (Å²) in [4.78, 5) is 47.2. The van der Waals surface area contributed by atoms with Crippen LogP contribution < -0.4 is 21.7 Å². The van der Waals surface area contributed by atoms with Gasteiger partial charge in [0.2, 0.25) is 0 Å². The minimum atomic E-state index is -1.45. The van der Waals surface area contributed by atoms with Crippen LogP contribution in [0.1, 0.15) is 25.7 Å². The van der Waals surface area contributed by atoms with Crippen LogP contribution in [0.5, 0.6) is 0 Å². The Morgan fingerprint density at radius 1 is 0.920 bits per heavy atom. The number of carboxylic acid groups (broad SMARTS) is 4. The first-order valence-electron chi connectivity index (χ1n) is 6.47. The Bertz CT molecular complexity index is 454. The van der Waals surface area contributed by atoms with E-state index in [-0.39, 0.29) is 74.6 Å². The third-order valence-corrected chi connectivity index (χ3v) is 2.34. The zero-order chi connectivity index (χ0) is 19.1. The molecular formula is C12H18BaN4O8. The largest absolute Gasteiger partial charge is 2.00 e. The molecule has 2 atom stereocenters. The molecule has 0 heterocycles. The van der Waals surface area contributed by atoms with Crippen LogP contribution in [0.25, 0.3) is 0 Å². The van der Waals surface area contributed by atoms with E-state index in [4.69, 9.17) is 21.7 Å². The summed E-state index contributed by atoms with van der Waals surface area (Å²) >= 11 is 0. The van der Waals surface area contributed by atoms with Crippen LogP contribution >= 0.6 is 0 Å². The van der Waals surface area contributed by atoms with Gasteiger partial charge in [-0.3, -0.25) is 14.8 Å². The van der Waals surface area contributed by atoms with Crippen molar-refractivity contribution >= 4 is 85.4 Å². The molecule has 0 aromatic heterocycles. The first-order chi connectivity index (χ1) is 11.1. The Balaban J connectivity index is -0.000000372. The number of hydrogen-bond donors (Lipinski definition) is 4. The third-order valence-electron chi connectivity index (χ3n) is 2.34. The number of carboxylic acids is 4. The van der Waals surface area contributed by atoms with Gasteiger partial charge in [-0.25, -0.2) is 4.79 Å². The molecule has 136 valence electrons. The molecule has 0 aromatic carbocycles. The van der Waals surface area contributed by atoms with Gasteiger partial charge in [0, 0.05) is 12.4 Å². The summed E-state index contributed by atoms with van der Waals surface area (Å²) in [5.74, 6) is -4.99. The number of carbonyl (C=O) groups is 4. The smallest absolute Gasteiger partial charge is 0.550 e. The Hall–Kier alpha value is -1.61. The number of nitrogens with two attached hydrogens (primary N) is 2. The molecule has 0 aliphatic carbocycles. The van der Waals surface area contributed by atoms with Crippen LogP contribution in [0.15, 0.2) is 9.98 Å². The van der Waals surface area contributed by atoms with Crippen molar-refractivity contribution in [2.75, 3.05) is 0 Å². The zero-order valence-electron chi connectivity index (χ0n) is 13.2. The molecule has 13 heteroatoms. The molecule has 0 saturated heterocycles. The molecule has 0 fully saturated rings. The fourth-order valence-corrected chi connectivity index (χ4v) is 1.24. The van der Waals surface area contributed by atoms with Crippen LogP contribution in [-0.2, 0) is 19.2 Å². The van der Waals surface area contributed by atoms with Gasteiger partial charge in [-0.15, -0.1) is 0 Å². The number of aliphatic imine (C=N–C) groups is 2. The van der Waals surface area contributed by atoms with Crippen molar-refractivity contribution in [3.8, 4) is 0 Å². The van der Waals surface area contributed by atoms with Gasteiger partial charge in [-0.05, 0) is 19.3 Å². The molecule has 0 saturated carbocycles. The van der Waals surface area contributed by atoms with Crippen LogP contribution in [0.4, 0.5) is 0 Å². The molecule has 0 unspecified atom stereocenters. The average molecular weight is 484 g/mol. The van der Waals surface area contributed by atoms with Gasteiger partial charge in [0.25, 0.3) is 0 Å². The number of nitrogens with zero attached hydrogens (tertiary/aromatic N) is 2. The van der Waals surface area contributed by atoms with Gasteiger partial charge in [0.15, 0.2) is 0 Å². The summed E-state index contributed by atoms with van der Waals surface area (Å²) in [5.41, 5.74) is 9.70. The van der Waals surface area contributed by atoms with Gasteiger partial charge >= 0.3 is 60.8 Å². The van der Waals surface area contributed by atoms with Crippen molar-refractivity contribution in [3.63, 3.8) is 0 Å². The van der Waals surface area contributed by atoms with Gasteiger partial charge < -0.3 is 41.5 Å². The maximum atomic E-state index is 10.3. The van der Waals surface area contributed by atoms with Crippen molar-refractivity contribution in [2.45, 2.75) is 37.8 Å². The molecule has 0 amide bonds. The van der Waals surface area contributed by atoms with Gasteiger partial charge in [0.05, 0.1) is 24.7 Å². The quantitative estimate of drug-likeness (QED) is 0.132. The molecule has 0 radical (unpaired) electrons. The summed E-state index contributed by atoms with van der Waals surface area (Å²) in [6.07, 6.45) is 0.845. The zero-order valence-corrected chi connectivity index (χ0v) is 17.7.